The molecule has 338 valence electrons. The van der Waals surface area contributed by atoms with Crippen LogP contribution in [0.3, 0.4) is 0 Å². The van der Waals surface area contributed by atoms with E-state index in [1.165, 1.54) is 65.7 Å². The van der Waals surface area contributed by atoms with Gasteiger partial charge in [0.25, 0.3) is 0 Å². The number of anilines is 6. The molecule has 12 aromatic rings. The third-order valence-electron chi connectivity index (χ3n) is 14.2. The van der Waals surface area contributed by atoms with Crippen LogP contribution in [-0.4, -0.2) is 14.2 Å². The summed E-state index contributed by atoms with van der Waals surface area (Å²) in [6, 6.07) is 76.5. The first-order valence-electron chi connectivity index (χ1n) is 24.0. The first-order valence-corrected chi connectivity index (χ1v) is 24.0. The van der Waals surface area contributed by atoms with Gasteiger partial charge in [0, 0.05) is 44.3 Å². The van der Waals surface area contributed by atoms with Crippen molar-refractivity contribution in [2.24, 2.45) is 0 Å². The molecule has 0 aliphatic heterocycles. The minimum absolute atomic E-state index is 0.847. The van der Waals surface area contributed by atoms with E-state index in [0.29, 0.717) is 0 Å². The second-order valence-electron chi connectivity index (χ2n) is 18.8. The number of ether oxygens (including phenoxy) is 2. The van der Waals surface area contributed by atoms with Gasteiger partial charge in [0.05, 0.1) is 25.6 Å². The molecule has 4 nitrogen and oxygen atoms in total. The van der Waals surface area contributed by atoms with Crippen molar-refractivity contribution >= 4 is 88.0 Å². The van der Waals surface area contributed by atoms with Gasteiger partial charge in [-0.25, -0.2) is 0 Å². The van der Waals surface area contributed by atoms with Crippen LogP contribution in [0.5, 0.6) is 11.5 Å². The fourth-order valence-electron chi connectivity index (χ4n) is 10.5. The summed E-state index contributed by atoms with van der Waals surface area (Å²) >= 11 is 0. The molecule has 70 heavy (non-hydrogen) atoms. The highest BCUT2D eigenvalue weighted by Crippen LogP contribution is 2.52. The maximum Gasteiger partial charge on any atom is 0.119 e. The van der Waals surface area contributed by atoms with Crippen LogP contribution in [0.2, 0.25) is 0 Å². The highest BCUT2D eigenvalue weighted by Gasteiger charge is 2.26. The lowest BCUT2D eigenvalue weighted by Crippen LogP contribution is -2.12. The van der Waals surface area contributed by atoms with Crippen LogP contribution < -0.4 is 19.3 Å². The molecule has 0 amide bonds. The smallest absolute Gasteiger partial charge is 0.119 e. The van der Waals surface area contributed by atoms with Crippen LogP contribution in [0, 0.1) is 27.7 Å². The number of nitrogens with zero attached hydrogens (tertiary/aromatic N) is 2. The van der Waals surface area contributed by atoms with Gasteiger partial charge >= 0.3 is 0 Å². The van der Waals surface area contributed by atoms with E-state index >= 15 is 0 Å². The summed E-state index contributed by atoms with van der Waals surface area (Å²) in [6.45, 7) is 8.62. The summed E-state index contributed by atoms with van der Waals surface area (Å²) in [5, 5.41) is 11.8. The molecule has 0 bridgehead atoms. The molecule has 12 aromatic carbocycles. The third kappa shape index (κ3) is 7.41. The summed E-state index contributed by atoms with van der Waals surface area (Å²) in [7, 11) is 3.45. The largest absolute Gasteiger partial charge is 0.497 e. The molecule has 0 unspecified atom stereocenters. The number of methoxy groups -OCH3 is 2. The Balaban J connectivity index is 1.24. The van der Waals surface area contributed by atoms with Gasteiger partial charge in [-0.1, -0.05) is 131 Å². The highest BCUT2D eigenvalue weighted by molar-refractivity contribution is 6.32. The molecule has 0 aliphatic rings. The Kier molecular flexibility index (Phi) is 10.5. The van der Waals surface area contributed by atoms with E-state index in [9.17, 15) is 0 Å². The summed E-state index contributed by atoms with van der Waals surface area (Å²) < 4.78 is 11.3. The van der Waals surface area contributed by atoms with Crippen molar-refractivity contribution in [1.82, 2.24) is 0 Å². The number of rotatable bonds is 10. The summed E-state index contributed by atoms with van der Waals surface area (Å²) in [4.78, 5) is 4.90. The zero-order valence-electron chi connectivity index (χ0n) is 40.3. The molecule has 12 rings (SSSR count). The van der Waals surface area contributed by atoms with Crippen LogP contribution in [0.4, 0.5) is 34.1 Å². The molecule has 0 N–H and O–H groups in total. The Morgan fingerprint density at radius 3 is 0.914 bits per heavy atom. The number of hydrogen-bond acceptors (Lipinski definition) is 4. The molecule has 0 spiro atoms. The molecular formula is C66H52N2O2. The lowest BCUT2D eigenvalue weighted by Gasteiger charge is -2.31. The first kappa shape index (κ1) is 42.7. The Hall–Kier alpha value is -8.60. The van der Waals surface area contributed by atoms with Crippen molar-refractivity contribution < 1.29 is 9.47 Å². The number of hydrogen-bond donors (Lipinski definition) is 0. The van der Waals surface area contributed by atoms with Crippen LogP contribution >= 0.6 is 0 Å². The fraction of sp³-hybridized carbons (Fsp3) is 0.0909. The average molecular weight is 905 g/mol. The molecule has 4 heteroatoms. The summed E-state index contributed by atoms with van der Waals surface area (Å²) in [5.41, 5.74) is 16.1. The first-order chi connectivity index (χ1) is 34.2. The standard InChI is InChI=1S/C66H52N2O2/c1-41-7-21-51(22-8-41)67(52-23-9-42(2)10-24-52)63-39-61(49-17-15-47-37-55(69-5)29-19-45(47)35-49)57-32-34-60-64(68(53-25-11-43(3)12-26-53)54-27-13-44(4)14-28-54)40-62(58-31-33-59(63)65(57)66(58)60)50-18-16-48-38-56(70-6)30-20-46(48)36-50/h7-40H,1-6H3. The van der Waals surface area contributed by atoms with Gasteiger partial charge in [0.15, 0.2) is 0 Å². The number of fused-ring (bicyclic) bond motifs is 2. The van der Waals surface area contributed by atoms with Gasteiger partial charge in [-0.2, -0.15) is 0 Å². The van der Waals surface area contributed by atoms with Gasteiger partial charge in [-0.05, 0) is 179 Å². The number of benzene rings is 12. The average Bonchev–Trinajstić information content (AvgIpc) is 3.40. The predicted molar refractivity (Wildman–Crippen MR) is 297 cm³/mol. The van der Waals surface area contributed by atoms with Crippen molar-refractivity contribution in [1.29, 1.82) is 0 Å². The molecular weight excluding hydrogens is 853 g/mol. The van der Waals surface area contributed by atoms with E-state index in [2.05, 4.69) is 244 Å². The second-order valence-corrected chi connectivity index (χ2v) is 18.8. The van der Waals surface area contributed by atoms with E-state index in [1.807, 2.05) is 0 Å². The minimum Gasteiger partial charge on any atom is -0.497 e. The Bertz CT molecular complexity index is 3580. The quantitative estimate of drug-likeness (QED) is 0.128. The fourth-order valence-corrected chi connectivity index (χ4v) is 10.5. The maximum atomic E-state index is 5.65. The molecule has 0 heterocycles. The monoisotopic (exact) mass is 904 g/mol. The van der Waals surface area contributed by atoms with Crippen molar-refractivity contribution in [3.8, 4) is 33.8 Å². The molecule has 0 saturated heterocycles. The second kappa shape index (κ2) is 17.2. The van der Waals surface area contributed by atoms with Crippen LogP contribution in [0.15, 0.2) is 206 Å². The normalized spacial score (nSPS) is 11.6. The van der Waals surface area contributed by atoms with Gasteiger partial charge in [-0.3, -0.25) is 0 Å². The van der Waals surface area contributed by atoms with E-state index < -0.39 is 0 Å². The van der Waals surface area contributed by atoms with E-state index in [0.717, 1.165) is 78.3 Å². The summed E-state index contributed by atoms with van der Waals surface area (Å²) in [6.07, 6.45) is 0. The van der Waals surface area contributed by atoms with Gasteiger partial charge < -0.3 is 19.3 Å². The lowest BCUT2D eigenvalue weighted by molar-refractivity contribution is 0.415. The summed E-state index contributed by atoms with van der Waals surface area (Å²) in [5.74, 6) is 1.69. The van der Waals surface area contributed by atoms with E-state index in [-0.39, 0.29) is 0 Å². The Labute approximate surface area is 409 Å². The molecule has 0 aliphatic carbocycles. The Morgan fingerprint density at radius 1 is 0.286 bits per heavy atom. The molecule has 0 fully saturated rings. The van der Waals surface area contributed by atoms with Gasteiger partial charge in [0.2, 0.25) is 0 Å². The van der Waals surface area contributed by atoms with Crippen molar-refractivity contribution in [3.63, 3.8) is 0 Å². The van der Waals surface area contributed by atoms with Gasteiger partial charge in [0.1, 0.15) is 11.5 Å². The molecule has 0 aromatic heterocycles. The van der Waals surface area contributed by atoms with Crippen molar-refractivity contribution in [2.75, 3.05) is 24.0 Å². The van der Waals surface area contributed by atoms with Crippen molar-refractivity contribution in [3.05, 3.63) is 229 Å². The topological polar surface area (TPSA) is 24.9 Å². The van der Waals surface area contributed by atoms with Crippen LogP contribution in [0.25, 0.3) is 76.1 Å². The van der Waals surface area contributed by atoms with Crippen LogP contribution in [-0.2, 0) is 0 Å². The maximum absolute atomic E-state index is 5.65. The highest BCUT2D eigenvalue weighted by atomic mass is 16.5. The predicted octanol–water partition coefficient (Wildman–Crippen LogP) is 18.4. The van der Waals surface area contributed by atoms with Gasteiger partial charge in [-0.15, -0.1) is 0 Å². The zero-order chi connectivity index (χ0) is 47.6. The SMILES string of the molecule is COc1ccc2cc(-c3cc(N(c4ccc(C)cc4)c4ccc(C)cc4)c4ccc5c(-c6ccc7cc(OC)ccc7c6)cc(N(c6ccc(C)cc6)c6ccc(C)cc6)c6ccc3c4c56)ccc2c1. The van der Waals surface area contributed by atoms with Crippen LogP contribution in [0.1, 0.15) is 22.3 Å². The minimum atomic E-state index is 0.847. The zero-order valence-corrected chi connectivity index (χ0v) is 40.3. The number of aryl methyl sites for hydroxylation is 4. The van der Waals surface area contributed by atoms with E-state index in [1.54, 1.807) is 14.2 Å². The molecule has 0 saturated carbocycles. The van der Waals surface area contributed by atoms with E-state index in [4.69, 9.17) is 9.47 Å². The Morgan fingerprint density at radius 2 is 0.586 bits per heavy atom. The molecule has 0 radical (unpaired) electrons. The molecule has 0 atom stereocenters. The van der Waals surface area contributed by atoms with Crippen molar-refractivity contribution in [2.45, 2.75) is 27.7 Å². The lowest BCUT2D eigenvalue weighted by atomic mass is 9.84. The third-order valence-corrected chi connectivity index (χ3v) is 14.2.